The van der Waals surface area contributed by atoms with Crippen LogP contribution in [0.5, 0.6) is 0 Å². The van der Waals surface area contributed by atoms with Crippen LogP contribution in [0.15, 0.2) is 18.2 Å². The van der Waals surface area contributed by atoms with E-state index in [4.69, 9.17) is 0 Å². The number of nitro groups is 1. The van der Waals surface area contributed by atoms with Crippen molar-refractivity contribution in [2.45, 2.75) is 33.1 Å². The van der Waals surface area contributed by atoms with Gasteiger partial charge in [0.15, 0.2) is 0 Å². The van der Waals surface area contributed by atoms with Gasteiger partial charge in [-0.3, -0.25) is 14.9 Å². The van der Waals surface area contributed by atoms with E-state index in [9.17, 15) is 14.9 Å². The van der Waals surface area contributed by atoms with E-state index in [2.05, 4.69) is 5.32 Å². The van der Waals surface area contributed by atoms with Crippen LogP contribution in [0.25, 0.3) is 0 Å². The Labute approximate surface area is 100.0 Å². The number of hydrogen-bond donors (Lipinski definition) is 1. The third-order valence-electron chi connectivity index (χ3n) is 2.53. The van der Waals surface area contributed by atoms with Crippen molar-refractivity contribution in [3.63, 3.8) is 0 Å². The predicted molar refractivity (Wildman–Crippen MR) is 66.0 cm³/mol. The summed E-state index contributed by atoms with van der Waals surface area (Å²) in [6, 6.07) is 4.67. The van der Waals surface area contributed by atoms with Crippen LogP contribution in [0.1, 0.15) is 31.7 Å². The van der Waals surface area contributed by atoms with Crippen molar-refractivity contribution in [3.05, 3.63) is 33.9 Å². The zero-order valence-corrected chi connectivity index (χ0v) is 10.0. The molecule has 1 aromatic rings. The number of anilines is 1. The Morgan fingerprint density at radius 3 is 2.76 bits per heavy atom. The van der Waals surface area contributed by atoms with Gasteiger partial charge in [-0.05, 0) is 19.4 Å². The number of nitrogens with one attached hydrogen (secondary N) is 1. The third-order valence-corrected chi connectivity index (χ3v) is 2.53. The second-order valence-electron chi connectivity index (χ2n) is 3.86. The molecule has 92 valence electrons. The second-order valence-corrected chi connectivity index (χ2v) is 3.86. The fraction of sp³-hybridized carbons (Fsp3) is 0.417. The molecule has 1 rings (SSSR count). The summed E-state index contributed by atoms with van der Waals surface area (Å²) < 4.78 is 0. The molecule has 0 saturated carbocycles. The normalized spacial score (nSPS) is 10.0. The SMILES string of the molecule is CCCCC(=O)Nc1cccc([N+](=O)[O-])c1C. The van der Waals surface area contributed by atoms with E-state index < -0.39 is 4.92 Å². The summed E-state index contributed by atoms with van der Waals surface area (Å²) >= 11 is 0. The molecule has 0 saturated heterocycles. The van der Waals surface area contributed by atoms with Crippen molar-refractivity contribution in [1.82, 2.24) is 0 Å². The number of rotatable bonds is 5. The molecule has 0 aromatic heterocycles. The highest BCUT2D eigenvalue weighted by molar-refractivity contribution is 5.92. The summed E-state index contributed by atoms with van der Waals surface area (Å²) in [6.07, 6.45) is 2.21. The van der Waals surface area contributed by atoms with Gasteiger partial charge in [0.1, 0.15) is 0 Å². The van der Waals surface area contributed by atoms with Gasteiger partial charge in [0.2, 0.25) is 5.91 Å². The van der Waals surface area contributed by atoms with Gasteiger partial charge in [0, 0.05) is 12.5 Å². The van der Waals surface area contributed by atoms with Crippen molar-refractivity contribution < 1.29 is 9.72 Å². The van der Waals surface area contributed by atoms with Gasteiger partial charge >= 0.3 is 0 Å². The number of unbranched alkanes of at least 4 members (excludes halogenated alkanes) is 1. The quantitative estimate of drug-likeness (QED) is 0.630. The van der Waals surface area contributed by atoms with Crippen LogP contribution >= 0.6 is 0 Å². The van der Waals surface area contributed by atoms with Crippen molar-refractivity contribution in [2.75, 3.05) is 5.32 Å². The molecule has 5 nitrogen and oxygen atoms in total. The Balaban J connectivity index is 2.81. The maximum absolute atomic E-state index is 11.5. The molecule has 0 radical (unpaired) electrons. The average Bonchev–Trinajstić information content (AvgIpc) is 2.28. The molecule has 0 bridgehead atoms. The van der Waals surface area contributed by atoms with E-state index in [1.54, 1.807) is 19.1 Å². The Hall–Kier alpha value is -1.91. The number of carbonyl (C=O) groups excluding carboxylic acids is 1. The average molecular weight is 236 g/mol. The Kier molecular flexibility index (Phi) is 4.63. The van der Waals surface area contributed by atoms with Crippen LogP contribution < -0.4 is 5.32 Å². The molecule has 1 N–H and O–H groups in total. The number of carbonyl (C=O) groups is 1. The number of nitrogens with zero attached hydrogens (tertiary/aromatic N) is 1. The van der Waals surface area contributed by atoms with Crippen molar-refractivity contribution >= 4 is 17.3 Å². The number of benzene rings is 1. The molecule has 0 fully saturated rings. The number of nitro benzene ring substituents is 1. The molecule has 0 unspecified atom stereocenters. The van der Waals surface area contributed by atoms with Crippen LogP contribution in [0, 0.1) is 17.0 Å². The third kappa shape index (κ3) is 3.55. The first kappa shape index (κ1) is 13.2. The Morgan fingerprint density at radius 2 is 2.18 bits per heavy atom. The zero-order chi connectivity index (χ0) is 12.8. The monoisotopic (exact) mass is 236 g/mol. The highest BCUT2D eigenvalue weighted by atomic mass is 16.6. The molecule has 0 heterocycles. The molecule has 0 spiro atoms. The molecular formula is C12H16N2O3. The van der Waals surface area contributed by atoms with E-state index in [1.807, 2.05) is 6.92 Å². The summed E-state index contributed by atoms with van der Waals surface area (Å²) in [4.78, 5) is 21.8. The Bertz CT molecular complexity index is 430. The smallest absolute Gasteiger partial charge is 0.274 e. The largest absolute Gasteiger partial charge is 0.326 e. The first-order valence-electron chi connectivity index (χ1n) is 5.60. The lowest BCUT2D eigenvalue weighted by Gasteiger charge is -2.08. The van der Waals surface area contributed by atoms with Gasteiger partial charge in [-0.25, -0.2) is 0 Å². The van der Waals surface area contributed by atoms with E-state index in [-0.39, 0.29) is 11.6 Å². The van der Waals surface area contributed by atoms with Crippen molar-refractivity contribution in [1.29, 1.82) is 0 Å². The topological polar surface area (TPSA) is 72.2 Å². The highest BCUT2D eigenvalue weighted by Gasteiger charge is 2.14. The van der Waals surface area contributed by atoms with Crippen LogP contribution in [-0.2, 0) is 4.79 Å². The van der Waals surface area contributed by atoms with Gasteiger partial charge in [0.25, 0.3) is 5.69 Å². The molecule has 0 aliphatic carbocycles. The summed E-state index contributed by atoms with van der Waals surface area (Å²) in [7, 11) is 0. The maximum atomic E-state index is 11.5. The standard InChI is InChI=1S/C12H16N2O3/c1-3-4-8-12(15)13-10-6-5-7-11(9(10)2)14(16)17/h5-7H,3-4,8H2,1-2H3,(H,13,15). The fourth-order valence-corrected chi connectivity index (χ4v) is 1.51. The first-order chi connectivity index (χ1) is 8.06. The maximum Gasteiger partial charge on any atom is 0.274 e. The summed E-state index contributed by atoms with van der Waals surface area (Å²) in [5.74, 6) is -0.101. The van der Waals surface area contributed by atoms with Crippen molar-refractivity contribution in [3.8, 4) is 0 Å². The highest BCUT2D eigenvalue weighted by Crippen LogP contribution is 2.25. The first-order valence-corrected chi connectivity index (χ1v) is 5.60. The van der Waals surface area contributed by atoms with Gasteiger partial charge in [-0.15, -0.1) is 0 Å². The summed E-state index contributed by atoms with van der Waals surface area (Å²) in [5, 5.41) is 13.4. The van der Waals surface area contributed by atoms with Gasteiger partial charge in [0.05, 0.1) is 16.2 Å². The molecule has 5 heteroatoms. The lowest BCUT2D eigenvalue weighted by molar-refractivity contribution is -0.385. The minimum Gasteiger partial charge on any atom is -0.326 e. The Morgan fingerprint density at radius 1 is 1.47 bits per heavy atom. The van der Waals surface area contributed by atoms with E-state index in [0.717, 1.165) is 12.8 Å². The molecule has 0 atom stereocenters. The lowest BCUT2D eigenvalue weighted by Crippen LogP contribution is -2.12. The molecule has 1 amide bonds. The minimum absolute atomic E-state index is 0.0262. The lowest BCUT2D eigenvalue weighted by atomic mass is 10.1. The van der Waals surface area contributed by atoms with Crippen LogP contribution in [0.4, 0.5) is 11.4 Å². The van der Waals surface area contributed by atoms with E-state index in [1.165, 1.54) is 6.07 Å². The number of hydrogen-bond acceptors (Lipinski definition) is 3. The molecule has 0 aliphatic heterocycles. The predicted octanol–water partition coefficient (Wildman–Crippen LogP) is 3.03. The van der Waals surface area contributed by atoms with E-state index in [0.29, 0.717) is 17.7 Å². The van der Waals surface area contributed by atoms with Crippen molar-refractivity contribution in [2.24, 2.45) is 0 Å². The van der Waals surface area contributed by atoms with E-state index >= 15 is 0 Å². The van der Waals surface area contributed by atoms with Gasteiger partial charge in [-0.2, -0.15) is 0 Å². The zero-order valence-electron chi connectivity index (χ0n) is 10.0. The van der Waals surface area contributed by atoms with Gasteiger partial charge in [-0.1, -0.05) is 19.4 Å². The van der Waals surface area contributed by atoms with Crippen LogP contribution in [0.3, 0.4) is 0 Å². The van der Waals surface area contributed by atoms with Crippen LogP contribution in [0.2, 0.25) is 0 Å². The molecule has 1 aromatic carbocycles. The van der Waals surface area contributed by atoms with Crippen LogP contribution in [-0.4, -0.2) is 10.8 Å². The molecule has 0 aliphatic rings. The molecule has 17 heavy (non-hydrogen) atoms. The second kappa shape index (κ2) is 5.98. The molecular weight excluding hydrogens is 220 g/mol. The van der Waals surface area contributed by atoms with Gasteiger partial charge < -0.3 is 5.32 Å². The summed E-state index contributed by atoms with van der Waals surface area (Å²) in [5.41, 5.74) is 1.03. The fourth-order valence-electron chi connectivity index (χ4n) is 1.51. The minimum atomic E-state index is -0.447. The summed E-state index contributed by atoms with van der Waals surface area (Å²) in [6.45, 7) is 3.64. The number of amides is 1.